The Bertz CT molecular complexity index is 689. The highest BCUT2D eigenvalue weighted by molar-refractivity contribution is 5.76. The van der Waals surface area contributed by atoms with Crippen molar-refractivity contribution in [2.45, 2.75) is 32.1 Å². The molecule has 3 rings (SSSR count). The molecular formula is C18H24FN3O4. The third-order valence-corrected chi connectivity index (χ3v) is 5.29. The quantitative estimate of drug-likeness (QED) is 0.592. The maximum absolute atomic E-state index is 14.1. The van der Waals surface area contributed by atoms with E-state index < -0.39 is 16.4 Å². The molecule has 0 N–H and O–H groups in total. The molecule has 2 fully saturated rings. The summed E-state index contributed by atoms with van der Waals surface area (Å²) in [5, 5.41) is 11.3. The SMILES string of the molecule is COc1cc(F)c([N+](=O)[O-])c(N2CCC(CN3CCCCC3=O)CC2)c1. The molecule has 2 saturated heterocycles. The average molecular weight is 365 g/mol. The number of anilines is 1. The van der Waals surface area contributed by atoms with Crippen LogP contribution in [0.3, 0.4) is 0 Å². The van der Waals surface area contributed by atoms with Crippen molar-refractivity contribution in [3.05, 3.63) is 28.1 Å². The molecule has 1 aromatic rings. The number of hydrogen-bond acceptors (Lipinski definition) is 5. The molecule has 8 heteroatoms. The van der Waals surface area contributed by atoms with Gasteiger partial charge < -0.3 is 14.5 Å². The van der Waals surface area contributed by atoms with Crippen LogP contribution in [0.15, 0.2) is 12.1 Å². The number of amides is 1. The molecule has 0 unspecified atom stereocenters. The Hall–Kier alpha value is -2.38. The second-order valence-electron chi connectivity index (χ2n) is 6.96. The molecule has 2 aliphatic rings. The van der Waals surface area contributed by atoms with Gasteiger partial charge in [-0.25, -0.2) is 0 Å². The Labute approximate surface area is 151 Å². The number of halogens is 1. The molecule has 2 aliphatic heterocycles. The van der Waals surface area contributed by atoms with Crippen molar-refractivity contribution in [2.24, 2.45) is 5.92 Å². The maximum atomic E-state index is 14.1. The van der Waals surface area contributed by atoms with Crippen molar-refractivity contribution in [3.8, 4) is 5.75 Å². The van der Waals surface area contributed by atoms with Crippen LogP contribution in [-0.2, 0) is 4.79 Å². The van der Waals surface area contributed by atoms with Gasteiger partial charge in [-0.05, 0) is 31.6 Å². The van der Waals surface area contributed by atoms with Crippen molar-refractivity contribution >= 4 is 17.3 Å². The Morgan fingerprint density at radius 3 is 2.62 bits per heavy atom. The lowest BCUT2D eigenvalue weighted by atomic mass is 9.94. The normalized spacial score (nSPS) is 18.9. The largest absolute Gasteiger partial charge is 0.497 e. The van der Waals surface area contributed by atoms with Gasteiger partial charge in [0.1, 0.15) is 11.4 Å². The average Bonchev–Trinajstić information content (AvgIpc) is 2.63. The monoisotopic (exact) mass is 365 g/mol. The fourth-order valence-corrected chi connectivity index (χ4v) is 3.82. The summed E-state index contributed by atoms with van der Waals surface area (Å²) in [4.78, 5) is 26.4. The van der Waals surface area contributed by atoms with Crippen LogP contribution in [0.5, 0.6) is 5.75 Å². The fourth-order valence-electron chi connectivity index (χ4n) is 3.82. The number of carbonyl (C=O) groups excluding carboxylic acids is 1. The molecule has 0 spiro atoms. The topological polar surface area (TPSA) is 75.9 Å². The van der Waals surface area contributed by atoms with Crippen molar-refractivity contribution in [3.63, 3.8) is 0 Å². The second-order valence-corrected chi connectivity index (χ2v) is 6.96. The zero-order valence-corrected chi connectivity index (χ0v) is 14.9. The number of rotatable bonds is 5. The molecule has 1 aromatic carbocycles. The van der Waals surface area contributed by atoms with Gasteiger partial charge >= 0.3 is 5.69 Å². The van der Waals surface area contributed by atoms with Gasteiger partial charge in [0.15, 0.2) is 0 Å². The predicted octanol–water partition coefficient (Wildman–Crippen LogP) is 2.97. The Morgan fingerprint density at radius 1 is 1.27 bits per heavy atom. The summed E-state index contributed by atoms with van der Waals surface area (Å²) < 4.78 is 19.2. The first-order valence-corrected chi connectivity index (χ1v) is 9.04. The third-order valence-electron chi connectivity index (χ3n) is 5.29. The minimum Gasteiger partial charge on any atom is -0.497 e. The standard InChI is InChI=1S/C18H24FN3O4/c1-26-14-10-15(19)18(22(24)25)16(11-14)20-8-5-13(6-9-20)12-21-7-3-2-4-17(21)23/h10-11,13H,2-9,12H2,1H3. The van der Waals surface area contributed by atoms with Gasteiger partial charge in [0.05, 0.1) is 12.0 Å². The van der Waals surface area contributed by atoms with Crippen molar-refractivity contribution in [1.82, 2.24) is 4.90 Å². The molecule has 0 aliphatic carbocycles. The summed E-state index contributed by atoms with van der Waals surface area (Å²) in [5.41, 5.74) is -0.241. The van der Waals surface area contributed by atoms with Gasteiger partial charge in [0, 0.05) is 44.7 Å². The van der Waals surface area contributed by atoms with Gasteiger partial charge in [-0.15, -0.1) is 0 Å². The van der Waals surface area contributed by atoms with Crippen LogP contribution in [0.25, 0.3) is 0 Å². The van der Waals surface area contributed by atoms with E-state index in [1.165, 1.54) is 13.2 Å². The van der Waals surface area contributed by atoms with E-state index in [4.69, 9.17) is 4.74 Å². The molecule has 1 amide bonds. The molecule has 0 radical (unpaired) electrons. The van der Waals surface area contributed by atoms with Crippen LogP contribution in [0, 0.1) is 21.8 Å². The molecule has 0 aromatic heterocycles. The molecule has 0 saturated carbocycles. The van der Waals surface area contributed by atoms with Gasteiger partial charge in [-0.3, -0.25) is 14.9 Å². The lowest BCUT2D eigenvalue weighted by Crippen LogP contribution is -2.42. The van der Waals surface area contributed by atoms with E-state index in [1.54, 1.807) is 0 Å². The summed E-state index contributed by atoms with van der Waals surface area (Å²) in [6, 6.07) is 2.56. The van der Waals surface area contributed by atoms with Crippen molar-refractivity contribution in [2.75, 3.05) is 38.2 Å². The molecular weight excluding hydrogens is 341 g/mol. The molecule has 26 heavy (non-hydrogen) atoms. The second kappa shape index (κ2) is 7.88. The number of hydrogen-bond donors (Lipinski definition) is 0. The van der Waals surface area contributed by atoms with Crippen LogP contribution >= 0.6 is 0 Å². The zero-order chi connectivity index (χ0) is 18.7. The summed E-state index contributed by atoms with van der Waals surface area (Å²) in [5.74, 6) is -0.0125. The summed E-state index contributed by atoms with van der Waals surface area (Å²) in [7, 11) is 1.41. The van der Waals surface area contributed by atoms with Crippen LogP contribution < -0.4 is 9.64 Å². The first-order valence-electron chi connectivity index (χ1n) is 9.04. The van der Waals surface area contributed by atoms with Gasteiger partial charge in [-0.1, -0.05) is 0 Å². The minimum absolute atomic E-state index is 0.226. The molecule has 0 atom stereocenters. The number of methoxy groups -OCH3 is 1. The van der Waals surface area contributed by atoms with Gasteiger partial charge in [0.25, 0.3) is 0 Å². The van der Waals surface area contributed by atoms with Crippen LogP contribution in [-0.4, -0.2) is 49.0 Å². The summed E-state index contributed by atoms with van der Waals surface area (Å²) in [6.45, 7) is 2.77. The van der Waals surface area contributed by atoms with Crippen LogP contribution in [0.2, 0.25) is 0 Å². The highest BCUT2D eigenvalue weighted by Crippen LogP contribution is 2.37. The maximum Gasteiger partial charge on any atom is 0.328 e. The lowest BCUT2D eigenvalue weighted by molar-refractivity contribution is -0.386. The summed E-state index contributed by atoms with van der Waals surface area (Å²) in [6.07, 6.45) is 4.30. The van der Waals surface area contributed by atoms with Crippen molar-refractivity contribution < 1.29 is 18.8 Å². The number of likely N-dealkylation sites (tertiary alicyclic amines) is 1. The van der Waals surface area contributed by atoms with Crippen LogP contribution in [0.1, 0.15) is 32.1 Å². The van der Waals surface area contributed by atoms with E-state index in [1.807, 2.05) is 9.80 Å². The number of piperidine rings is 2. The van der Waals surface area contributed by atoms with E-state index in [0.29, 0.717) is 25.4 Å². The molecule has 142 valence electrons. The fraction of sp³-hybridized carbons (Fsp3) is 0.611. The predicted molar refractivity (Wildman–Crippen MR) is 95.0 cm³/mol. The molecule has 7 nitrogen and oxygen atoms in total. The molecule has 2 heterocycles. The number of nitrogens with zero attached hydrogens (tertiary/aromatic N) is 3. The minimum atomic E-state index is -0.884. The Kier molecular flexibility index (Phi) is 5.58. The number of nitro benzene ring substituents is 1. The van der Waals surface area contributed by atoms with Crippen molar-refractivity contribution in [1.29, 1.82) is 0 Å². The van der Waals surface area contributed by atoms with E-state index >= 15 is 0 Å². The summed E-state index contributed by atoms with van der Waals surface area (Å²) >= 11 is 0. The number of nitro groups is 1. The Balaban J connectivity index is 1.68. The van der Waals surface area contributed by atoms with E-state index in [9.17, 15) is 19.3 Å². The first-order chi connectivity index (χ1) is 12.5. The Morgan fingerprint density at radius 2 is 2.00 bits per heavy atom. The number of ether oxygens (including phenoxy) is 1. The highest BCUT2D eigenvalue weighted by atomic mass is 19.1. The number of carbonyl (C=O) groups is 1. The smallest absolute Gasteiger partial charge is 0.328 e. The van der Waals surface area contributed by atoms with Crippen LogP contribution in [0.4, 0.5) is 15.8 Å². The van der Waals surface area contributed by atoms with E-state index in [-0.39, 0.29) is 17.3 Å². The van der Waals surface area contributed by atoms with Gasteiger partial charge in [0.2, 0.25) is 11.7 Å². The highest BCUT2D eigenvalue weighted by Gasteiger charge is 2.30. The zero-order valence-electron chi connectivity index (χ0n) is 14.9. The van der Waals surface area contributed by atoms with E-state index in [0.717, 1.165) is 44.8 Å². The third kappa shape index (κ3) is 3.89. The molecule has 0 bridgehead atoms. The first kappa shape index (κ1) is 18.4. The lowest BCUT2D eigenvalue weighted by Gasteiger charge is -2.37. The number of benzene rings is 1. The van der Waals surface area contributed by atoms with E-state index in [2.05, 4.69) is 0 Å². The van der Waals surface area contributed by atoms with Gasteiger partial charge in [-0.2, -0.15) is 4.39 Å².